The molecule has 0 bridgehead atoms. The van der Waals surface area contributed by atoms with Gasteiger partial charge in [0.2, 0.25) is 5.91 Å². The molecule has 6 heteroatoms. The third-order valence-electron chi connectivity index (χ3n) is 3.70. The van der Waals surface area contributed by atoms with E-state index in [1.807, 2.05) is 0 Å². The minimum Gasteiger partial charge on any atom is -0.349 e. The molecule has 0 unspecified atom stereocenters. The first-order valence-corrected chi connectivity index (χ1v) is 7.86. The minimum absolute atomic E-state index is 0.114. The summed E-state index contributed by atoms with van der Waals surface area (Å²) in [5.74, 6) is -2.05. The smallest absolute Gasteiger partial charge is 0.251 e. The Labute approximate surface area is 143 Å². The molecule has 4 nitrogen and oxygen atoms in total. The van der Waals surface area contributed by atoms with Gasteiger partial charge < -0.3 is 10.6 Å². The molecule has 0 aromatic heterocycles. The predicted molar refractivity (Wildman–Crippen MR) is 91.0 cm³/mol. The maximum atomic E-state index is 13.5. The van der Waals surface area contributed by atoms with E-state index < -0.39 is 17.5 Å². The zero-order valence-electron chi connectivity index (χ0n) is 13.3. The van der Waals surface area contributed by atoms with Gasteiger partial charge >= 0.3 is 0 Å². The second-order valence-electron chi connectivity index (χ2n) is 5.82. The van der Waals surface area contributed by atoms with E-state index in [1.165, 1.54) is 12.2 Å². The van der Waals surface area contributed by atoms with Gasteiger partial charge in [-0.05, 0) is 48.7 Å². The van der Waals surface area contributed by atoms with Crippen LogP contribution in [0.2, 0.25) is 0 Å². The lowest BCUT2D eigenvalue weighted by Crippen LogP contribution is -2.25. The topological polar surface area (TPSA) is 58.2 Å². The zero-order chi connectivity index (χ0) is 17.8. The van der Waals surface area contributed by atoms with Crippen LogP contribution in [-0.2, 0) is 4.79 Å². The highest BCUT2D eigenvalue weighted by molar-refractivity contribution is 6.02. The molecule has 3 rings (SSSR count). The summed E-state index contributed by atoms with van der Waals surface area (Å²) < 4.78 is 26.5. The summed E-state index contributed by atoms with van der Waals surface area (Å²) in [7, 11) is 0. The van der Waals surface area contributed by atoms with Crippen LogP contribution in [-0.4, -0.2) is 17.9 Å². The molecule has 128 valence electrons. The molecule has 1 aliphatic carbocycles. The van der Waals surface area contributed by atoms with Crippen LogP contribution in [0.4, 0.5) is 14.5 Å². The number of hydrogen-bond acceptors (Lipinski definition) is 2. The quantitative estimate of drug-likeness (QED) is 0.817. The molecular formula is C19H16F2N2O2. The summed E-state index contributed by atoms with van der Waals surface area (Å²) in [6.07, 6.45) is 4.78. The molecule has 0 spiro atoms. The van der Waals surface area contributed by atoms with Gasteiger partial charge in [0.1, 0.15) is 11.6 Å². The van der Waals surface area contributed by atoms with Crippen LogP contribution in [0, 0.1) is 11.6 Å². The van der Waals surface area contributed by atoms with Crippen LogP contribution >= 0.6 is 0 Å². The summed E-state index contributed by atoms with van der Waals surface area (Å²) in [5, 5.41) is 5.16. The van der Waals surface area contributed by atoms with Crippen molar-refractivity contribution in [3.8, 4) is 0 Å². The van der Waals surface area contributed by atoms with Gasteiger partial charge in [-0.25, -0.2) is 8.78 Å². The number of amides is 2. The standard InChI is InChI=1S/C19H16F2N2O2/c20-14-6-9-16(21)17(11-14)23-18(24)10-3-12-1-4-13(5-2-12)19(25)22-15-7-8-15/h1-6,9-11,15H,7-8H2,(H,22,25)(H,23,24)/b10-3+. The summed E-state index contributed by atoms with van der Waals surface area (Å²) in [4.78, 5) is 23.7. The fraction of sp³-hybridized carbons (Fsp3) is 0.158. The van der Waals surface area contributed by atoms with Crippen LogP contribution in [0.5, 0.6) is 0 Å². The fourth-order valence-corrected chi connectivity index (χ4v) is 2.18. The van der Waals surface area contributed by atoms with Crippen molar-refractivity contribution in [1.82, 2.24) is 5.32 Å². The number of carbonyl (C=O) groups excluding carboxylic acids is 2. The predicted octanol–water partition coefficient (Wildman–Crippen LogP) is 3.51. The molecule has 2 aromatic rings. The van der Waals surface area contributed by atoms with E-state index >= 15 is 0 Å². The molecule has 1 saturated carbocycles. The van der Waals surface area contributed by atoms with Crippen molar-refractivity contribution in [2.24, 2.45) is 0 Å². The number of carbonyl (C=O) groups is 2. The van der Waals surface area contributed by atoms with E-state index in [9.17, 15) is 18.4 Å². The highest BCUT2D eigenvalue weighted by atomic mass is 19.1. The third-order valence-corrected chi connectivity index (χ3v) is 3.70. The second kappa shape index (κ2) is 7.25. The average Bonchev–Trinajstić information content (AvgIpc) is 3.41. The van der Waals surface area contributed by atoms with Crippen molar-refractivity contribution in [1.29, 1.82) is 0 Å². The van der Waals surface area contributed by atoms with Crippen molar-refractivity contribution < 1.29 is 18.4 Å². The summed E-state index contributed by atoms with van der Waals surface area (Å²) in [5.41, 5.74) is 1.04. The van der Waals surface area contributed by atoms with Gasteiger partial charge in [-0.2, -0.15) is 0 Å². The Morgan fingerprint density at radius 1 is 1.04 bits per heavy atom. The lowest BCUT2D eigenvalue weighted by molar-refractivity contribution is -0.111. The molecule has 1 fully saturated rings. The lowest BCUT2D eigenvalue weighted by atomic mass is 10.1. The Kier molecular flexibility index (Phi) is 4.88. The highest BCUT2D eigenvalue weighted by Crippen LogP contribution is 2.19. The molecule has 0 saturated heterocycles. The Morgan fingerprint density at radius 2 is 1.76 bits per heavy atom. The van der Waals surface area contributed by atoms with Crippen molar-refractivity contribution in [3.63, 3.8) is 0 Å². The monoisotopic (exact) mass is 342 g/mol. The summed E-state index contributed by atoms with van der Waals surface area (Å²) in [6, 6.07) is 9.86. The van der Waals surface area contributed by atoms with Gasteiger partial charge in [-0.15, -0.1) is 0 Å². The maximum Gasteiger partial charge on any atom is 0.251 e. The molecule has 1 aliphatic rings. The van der Waals surface area contributed by atoms with Crippen molar-refractivity contribution in [2.45, 2.75) is 18.9 Å². The third kappa shape index (κ3) is 4.73. The first kappa shape index (κ1) is 16.8. The van der Waals surface area contributed by atoms with Gasteiger partial charge in [0, 0.05) is 23.7 Å². The van der Waals surface area contributed by atoms with Crippen LogP contribution in [0.3, 0.4) is 0 Å². The first-order chi connectivity index (χ1) is 12.0. The number of benzene rings is 2. The van der Waals surface area contributed by atoms with Gasteiger partial charge in [0.05, 0.1) is 5.69 Å². The lowest BCUT2D eigenvalue weighted by Gasteiger charge is -2.04. The molecule has 0 radical (unpaired) electrons. The molecule has 2 N–H and O–H groups in total. The average molecular weight is 342 g/mol. The first-order valence-electron chi connectivity index (χ1n) is 7.86. The molecule has 25 heavy (non-hydrogen) atoms. The van der Waals surface area contributed by atoms with E-state index in [0.29, 0.717) is 17.2 Å². The maximum absolute atomic E-state index is 13.5. The SMILES string of the molecule is O=C(/C=C/c1ccc(C(=O)NC2CC2)cc1)Nc1cc(F)ccc1F. The number of nitrogens with one attached hydrogen (secondary N) is 2. The molecule has 2 amide bonds. The molecule has 0 atom stereocenters. The van der Waals surface area contributed by atoms with E-state index in [0.717, 1.165) is 31.0 Å². The number of anilines is 1. The van der Waals surface area contributed by atoms with Crippen LogP contribution in [0.1, 0.15) is 28.8 Å². The zero-order valence-corrected chi connectivity index (χ0v) is 13.3. The van der Waals surface area contributed by atoms with Gasteiger partial charge in [0.15, 0.2) is 0 Å². The van der Waals surface area contributed by atoms with Crippen molar-refractivity contribution in [2.75, 3.05) is 5.32 Å². The highest BCUT2D eigenvalue weighted by Gasteiger charge is 2.23. The van der Waals surface area contributed by atoms with E-state index in [-0.39, 0.29) is 11.6 Å². The Hall–Kier alpha value is -3.02. The van der Waals surface area contributed by atoms with Gasteiger partial charge in [-0.3, -0.25) is 9.59 Å². The second-order valence-corrected chi connectivity index (χ2v) is 5.82. The van der Waals surface area contributed by atoms with Crippen molar-refractivity contribution in [3.05, 3.63) is 71.3 Å². The molecule has 0 aliphatic heterocycles. The molecular weight excluding hydrogens is 326 g/mol. The number of halogens is 2. The Morgan fingerprint density at radius 3 is 2.44 bits per heavy atom. The fourth-order valence-electron chi connectivity index (χ4n) is 2.18. The number of hydrogen-bond donors (Lipinski definition) is 2. The summed E-state index contributed by atoms with van der Waals surface area (Å²) in [6.45, 7) is 0. The van der Waals surface area contributed by atoms with Crippen LogP contribution in [0.25, 0.3) is 6.08 Å². The van der Waals surface area contributed by atoms with Gasteiger partial charge in [-0.1, -0.05) is 12.1 Å². The Bertz CT molecular complexity index is 828. The van der Waals surface area contributed by atoms with Crippen LogP contribution in [0.15, 0.2) is 48.5 Å². The minimum atomic E-state index is -0.714. The normalized spacial score (nSPS) is 13.7. The van der Waals surface area contributed by atoms with E-state index in [2.05, 4.69) is 10.6 Å². The number of rotatable bonds is 5. The van der Waals surface area contributed by atoms with Crippen molar-refractivity contribution >= 4 is 23.6 Å². The summed E-state index contributed by atoms with van der Waals surface area (Å²) >= 11 is 0. The molecule has 0 heterocycles. The molecule has 2 aromatic carbocycles. The Balaban J connectivity index is 1.60. The van der Waals surface area contributed by atoms with E-state index in [4.69, 9.17) is 0 Å². The van der Waals surface area contributed by atoms with Gasteiger partial charge in [0.25, 0.3) is 5.91 Å². The van der Waals surface area contributed by atoms with Crippen LogP contribution < -0.4 is 10.6 Å². The van der Waals surface area contributed by atoms with E-state index in [1.54, 1.807) is 24.3 Å². The largest absolute Gasteiger partial charge is 0.349 e.